The summed E-state index contributed by atoms with van der Waals surface area (Å²) >= 11 is 0. The maximum absolute atomic E-state index is 4.54. The van der Waals surface area contributed by atoms with E-state index in [0.717, 1.165) is 29.9 Å². The van der Waals surface area contributed by atoms with Crippen molar-refractivity contribution in [2.24, 2.45) is 0 Å². The van der Waals surface area contributed by atoms with Crippen LogP contribution in [0.5, 0.6) is 0 Å². The fourth-order valence-electron chi connectivity index (χ4n) is 1.65. The van der Waals surface area contributed by atoms with Crippen LogP contribution in [0.15, 0.2) is 24.3 Å². The zero-order valence-electron chi connectivity index (χ0n) is 7.66. The van der Waals surface area contributed by atoms with Crippen LogP contribution in [0.4, 0.5) is 0 Å². The molecule has 2 aromatic rings. The van der Waals surface area contributed by atoms with Gasteiger partial charge < -0.3 is 10.3 Å². The summed E-state index contributed by atoms with van der Waals surface area (Å²) in [5, 5.41) is 3.24. The second kappa shape index (κ2) is 3.59. The Balaban J connectivity index is 0.000000750. The van der Waals surface area contributed by atoms with Crippen molar-refractivity contribution in [1.82, 2.24) is 15.3 Å². The number of aromatic amines is 1. The van der Waals surface area contributed by atoms with Gasteiger partial charge in [-0.2, -0.15) is 0 Å². The van der Waals surface area contributed by atoms with Crippen LogP contribution in [0.2, 0.25) is 0 Å². The molecule has 0 saturated carbocycles. The molecule has 2 heterocycles. The van der Waals surface area contributed by atoms with Crippen LogP contribution in [0.25, 0.3) is 11.0 Å². The molecule has 0 unspecified atom stereocenters. The first-order valence-electron chi connectivity index (χ1n) is 4.59. The molecule has 1 aromatic heterocycles. The lowest BCUT2D eigenvalue weighted by atomic mass is 10.0. The highest BCUT2D eigenvalue weighted by atomic mass is 35.5. The van der Waals surface area contributed by atoms with Gasteiger partial charge in [-0.15, -0.1) is 12.4 Å². The molecule has 0 bridgehead atoms. The molecule has 1 saturated heterocycles. The van der Waals surface area contributed by atoms with Crippen LogP contribution in [0, 0.1) is 0 Å². The van der Waals surface area contributed by atoms with Crippen LogP contribution >= 0.6 is 12.4 Å². The lowest BCUT2D eigenvalue weighted by Gasteiger charge is -2.24. The quantitative estimate of drug-likeness (QED) is 0.750. The Hall–Kier alpha value is -1.06. The van der Waals surface area contributed by atoms with E-state index in [1.807, 2.05) is 18.2 Å². The molecule has 0 radical (unpaired) electrons. The molecule has 3 rings (SSSR count). The number of benzene rings is 1. The Bertz CT molecular complexity index is 401. The van der Waals surface area contributed by atoms with Crippen molar-refractivity contribution in [3.05, 3.63) is 30.1 Å². The molecule has 1 fully saturated rings. The number of halogens is 1. The summed E-state index contributed by atoms with van der Waals surface area (Å²) in [7, 11) is 0. The normalized spacial score (nSPS) is 16.3. The highest BCUT2D eigenvalue weighted by molar-refractivity contribution is 5.85. The number of aromatic nitrogens is 2. The second-order valence-electron chi connectivity index (χ2n) is 3.49. The Morgan fingerprint density at radius 3 is 2.64 bits per heavy atom. The molecule has 2 N–H and O–H groups in total. The van der Waals surface area contributed by atoms with E-state index in [9.17, 15) is 0 Å². The largest absolute Gasteiger partial charge is 0.342 e. The molecular weight excluding hydrogens is 198 g/mol. The summed E-state index contributed by atoms with van der Waals surface area (Å²) in [6, 6.07) is 8.16. The van der Waals surface area contributed by atoms with E-state index in [-0.39, 0.29) is 12.4 Å². The number of imidazole rings is 1. The molecule has 0 atom stereocenters. The average molecular weight is 210 g/mol. The highest BCUT2D eigenvalue weighted by Gasteiger charge is 2.21. The van der Waals surface area contributed by atoms with E-state index in [1.165, 1.54) is 0 Å². The van der Waals surface area contributed by atoms with Crippen molar-refractivity contribution in [3.8, 4) is 0 Å². The number of nitrogens with zero attached hydrogens (tertiary/aromatic N) is 1. The van der Waals surface area contributed by atoms with Crippen LogP contribution in [-0.4, -0.2) is 23.1 Å². The molecule has 14 heavy (non-hydrogen) atoms. The fraction of sp³-hybridized carbons (Fsp3) is 0.300. The first-order chi connectivity index (χ1) is 6.43. The standard InChI is InChI=1S/C10H11N3.ClH/c1-2-4-9-8(3-1)12-10(13-9)7-5-11-6-7;/h1-4,7,11H,5-6H2,(H,12,13);1H. The third-order valence-electron chi connectivity index (χ3n) is 2.58. The summed E-state index contributed by atoms with van der Waals surface area (Å²) in [4.78, 5) is 7.89. The van der Waals surface area contributed by atoms with Gasteiger partial charge in [-0.25, -0.2) is 4.98 Å². The van der Waals surface area contributed by atoms with Crippen molar-refractivity contribution in [2.45, 2.75) is 5.92 Å². The van der Waals surface area contributed by atoms with E-state index in [0.29, 0.717) is 5.92 Å². The van der Waals surface area contributed by atoms with Gasteiger partial charge in [0.15, 0.2) is 0 Å². The SMILES string of the molecule is Cl.c1ccc2[nH]c(C3CNC3)nc2c1. The van der Waals surface area contributed by atoms with Crippen LogP contribution in [0.3, 0.4) is 0 Å². The van der Waals surface area contributed by atoms with Crippen molar-refractivity contribution in [3.63, 3.8) is 0 Å². The zero-order chi connectivity index (χ0) is 8.67. The predicted octanol–water partition coefficient (Wildman–Crippen LogP) is 1.67. The minimum atomic E-state index is 0. The molecule has 3 nitrogen and oxygen atoms in total. The topological polar surface area (TPSA) is 40.7 Å². The van der Waals surface area contributed by atoms with Gasteiger partial charge >= 0.3 is 0 Å². The van der Waals surface area contributed by atoms with E-state index >= 15 is 0 Å². The van der Waals surface area contributed by atoms with Gasteiger partial charge in [-0.05, 0) is 12.1 Å². The Morgan fingerprint density at radius 1 is 1.21 bits per heavy atom. The fourth-order valence-corrected chi connectivity index (χ4v) is 1.65. The van der Waals surface area contributed by atoms with Gasteiger partial charge in [0.2, 0.25) is 0 Å². The number of H-pyrrole nitrogens is 1. The van der Waals surface area contributed by atoms with Gasteiger partial charge in [0.05, 0.1) is 11.0 Å². The van der Waals surface area contributed by atoms with Gasteiger partial charge in [-0.1, -0.05) is 12.1 Å². The zero-order valence-corrected chi connectivity index (χ0v) is 8.47. The van der Waals surface area contributed by atoms with Crippen LogP contribution < -0.4 is 5.32 Å². The smallest absolute Gasteiger partial charge is 0.112 e. The number of nitrogens with one attached hydrogen (secondary N) is 2. The van der Waals surface area contributed by atoms with E-state index in [1.54, 1.807) is 0 Å². The lowest BCUT2D eigenvalue weighted by Crippen LogP contribution is -2.40. The third-order valence-corrected chi connectivity index (χ3v) is 2.58. The van der Waals surface area contributed by atoms with E-state index in [4.69, 9.17) is 0 Å². The molecule has 0 spiro atoms. The number of hydrogen-bond donors (Lipinski definition) is 2. The second-order valence-corrected chi connectivity index (χ2v) is 3.49. The third kappa shape index (κ3) is 1.38. The van der Waals surface area contributed by atoms with E-state index < -0.39 is 0 Å². The van der Waals surface area contributed by atoms with Gasteiger partial charge in [-0.3, -0.25) is 0 Å². The monoisotopic (exact) mass is 209 g/mol. The number of rotatable bonds is 1. The number of fused-ring (bicyclic) bond motifs is 1. The van der Waals surface area contributed by atoms with Crippen molar-refractivity contribution in [2.75, 3.05) is 13.1 Å². The molecule has 1 aliphatic rings. The molecular formula is C10H12ClN3. The summed E-state index contributed by atoms with van der Waals surface area (Å²) in [6.07, 6.45) is 0. The lowest BCUT2D eigenvalue weighted by molar-refractivity contribution is 0.433. The molecule has 0 amide bonds. The van der Waals surface area contributed by atoms with Gasteiger partial charge in [0.1, 0.15) is 5.82 Å². The summed E-state index contributed by atoms with van der Waals surface area (Å²) in [5.41, 5.74) is 2.22. The highest BCUT2D eigenvalue weighted by Crippen LogP contribution is 2.19. The molecule has 0 aliphatic carbocycles. The number of hydrogen-bond acceptors (Lipinski definition) is 2. The maximum Gasteiger partial charge on any atom is 0.112 e. The molecule has 1 aromatic carbocycles. The summed E-state index contributed by atoms with van der Waals surface area (Å²) in [6.45, 7) is 2.11. The minimum absolute atomic E-state index is 0. The minimum Gasteiger partial charge on any atom is -0.342 e. The van der Waals surface area contributed by atoms with Crippen LogP contribution in [0.1, 0.15) is 11.7 Å². The average Bonchev–Trinajstić information content (AvgIpc) is 2.43. The Kier molecular flexibility index (Phi) is 2.44. The van der Waals surface area contributed by atoms with Crippen LogP contribution in [-0.2, 0) is 0 Å². The first kappa shape index (κ1) is 9.49. The Labute approximate surface area is 88.3 Å². The van der Waals surface area contributed by atoms with Gasteiger partial charge in [0, 0.05) is 19.0 Å². The Morgan fingerprint density at radius 2 is 2.00 bits per heavy atom. The maximum atomic E-state index is 4.54. The summed E-state index contributed by atoms with van der Waals surface area (Å²) < 4.78 is 0. The van der Waals surface area contributed by atoms with Crippen molar-refractivity contribution >= 4 is 23.4 Å². The van der Waals surface area contributed by atoms with Gasteiger partial charge in [0.25, 0.3) is 0 Å². The first-order valence-corrected chi connectivity index (χ1v) is 4.59. The van der Waals surface area contributed by atoms with E-state index in [2.05, 4.69) is 21.4 Å². The molecule has 1 aliphatic heterocycles. The number of para-hydroxylation sites is 2. The predicted molar refractivity (Wildman–Crippen MR) is 59.0 cm³/mol. The van der Waals surface area contributed by atoms with Crippen molar-refractivity contribution in [1.29, 1.82) is 0 Å². The molecule has 4 heteroatoms. The molecule has 74 valence electrons. The van der Waals surface area contributed by atoms with Crippen molar-refractivity contribution < 1.29 is 0 Å². The summed E-state index contributed by atoms with van der Waals surface area (Å²) in [5.74, 6) is 1.72.